The highest BCUT2D eigenvalue weighted by Crippen LogP contribution is 2.13. The van der Waals surface area contributed by atoms with Crippen molar-refractivity contribution in [2.24, 2.45) is 0 Å². The molecule has 0 spiro atoms. The van der Waals surface area contributed by atoms with Crippen molar-refractivity contribution in [3.63, 3.8) is 0 Å². The van der Waals surface area contributed by atoms with Gasteiger partial charge in [-0.3, -0.25) is 4.90 Å². The molecule has 1 fully saturated rings. The van der Waals surface area contributed by atoms with Crippen LogP contribution in [0.4, 0.5) is 10.2 Å². The van der Waals surface area contributed by atoms with Crippen LogP contribution >= 0.6 is 0 Å². The summed E-state index contributed by atoms with van der Waals surface area (Å²) in [5.74, 6) is 0.341. The number of nitrogens with zero attached hydrogens (tertiary/aromatic N) is 4. The second-order valence-electron chi connectivity index (χ2n) is 6.37. The first-order valence-corrected chi connectivity index (χ1v) is 8.53. The lowest BCUT2D eigenvalue weighted by Gasteiger charge is -2.36. The molecular weight excluding hydrogens is 303 g/mol. The van der Waals surface area contributed by atoms with E-state index in [1.165, 1.54) is 11.6 Å². The summed E-state index contributed by atoms with van der Waals surface area (Å²) in [6, 6.07) is 15.6. The minimum atomic E-state index is -0.405. The summed E-state index contributed by atoms with van der Waals surface area (Å²) in [6.07, 6.45) is 0. The van der Waals surface area contributed by atoms with Crippen LogP contribution in [-0.2, 0) is 6.54 Å². The first-order valence-electron chi connectivity index (χ1n) is 8.53. The zero-order valence-electron chi connectivity index (χ0n) is 14.2. The Morgan fingerprint density at radius 3 is 2.46 bits per heavy atom. The quantitative estimate of drug-likeness (QED) is 0.760. The molecule has 128 valence electrons. The number of benzene rings is 1. The van der Waals surface area contributed by atoms with E-state index in [0.717, 1.165) is 51.6 Å². The molecule has 3 rings (SSSR count). The molecule has 0 amide bonds. The zero-order chi connectivity index (χ0) is 16.8. The van der Waals surface area contributed by atoms with Crippen molar-refractivity contribution in [2.45, 2.75) is 6.54 Å². The normalized spacial score (nSPS) is 15.9. The predicted octanol–water partition coefficient (Wildman–Crippen LogP) is 2.47. The molecule has 2 aromatic rings. The smallest absolute Gasteiger partial charge is 0.214 e. The van der Waals surface area contributed by atoms with Crippen molar-refractivity contribution in [1.82, 2.24) is 14.8 Å². The summed E-state index contributed by atoms with van der Waals surface area (Å²) >= 11 is 0. The summed E-state index contributed by atoms with van der Waals surface area (Å²) in [5, 5.41) is 0. The van der Waals surface area contributed by atoms with Gasteiger partial charge in [0.05, 0.1) is 0 Å². The molecule has 0 aliphatic carbocycles. The molecule has 1 aliphatic rings. The molecule has 0 saturated carbocycles. The van der Waals surface area contributed by atoms with Crippen molar-refractivity contribution in [1.29, 1.82) is 0 Å². The number of hydrogen-bond donors (Lipinski definition) is 0. The van der Waals surface area contributed by atoms with E-state index in [-0.39, 0.29) is 0 Å². The van der Waals surface area contributed by atoms with Gasteiger partial charge in [-0.25, -0.2) is 4.98 Å². The van der Waals surface area contributed by atoms with Gasteiger partial charge in [0.1, 0.15) is 5.82 Å². The highest BCUT2D eigenvalue weighted by atomic mass is 19.1. The first-order chi connectivity index (χ1) is 11.7. The molecule has 24 heavy (non-hydrogen) atoms. The van der Waals surface area contributed by atoms with Crippen LogP contribution < -0.4 is 4.90 Å². The molecule has 1 saturated heterocycles. The summed E-state index contributed by atoms with van der Waals surface area (Å²) in [6.45, 7) is 6.89. The van der Waals surface area contributed by atoms with Gasteiger partial charge in [-0.1, -0.05) is 36.4 Å². The molecule has 0 N–H and O–H groups in total. The molecule has 1 aromatic carbocycles. The Balaban J connectivity index is 1.41. The average molecular weight is 328 g/mol. The highest BCUT2D eigenvalue weighted by molar-refractivity contribution is 5.38. The van der Waals surface area contributed by atoms with Gasteiger partial charge < -0.3 is 9.80 Å². The van der Waals surface area contributed by atoms with Crippen LogP contribution in [0.5, 0.6) is 0 Å². The van der Waals surface area contributed by atoms with Crippen LogP contribution in [-0.4, -0.2) is 61.1 Å². The maximum atomic E-state index is 13.2. The van der Waals surface area contributed by atoms with Gasteiger partial charge >= 0.3 is 0 Å². The topological polar surface area (TPSA) is 22.6 Å². The molecule has 1 aromatic heterocycles. The third-order valence-corrected chi connectivity index (χ3v) is 4.49. The second-order valence-corrected chi connectivity index (χ2v) is 6.37. The van der Waals surface area contributed by atoms with Crippen molar-refractivity contribution < 1.29 is 4.39 Å². The monoisotopic (exact) mass is 328 g/mol. The lowest BCUT2D eigenvalue weighted by molar-refractivity contribution is 0.212. The van der Waals surface area contributed by atoms with E-state index in [1.54, 1.807) is 6.07 Å². The van der Waals surface area contributed by atoms with Gasteiger partial charge in [0.2, 0.25) is 5.95 Å². The molecule has 2 heterocycles. The highest BCUT2D eigenvalue weighted by Gasteiger charge is 2.18. The Morgan fingerprint density at radius 2 is 1.75 bits per heavy atom. The van der Waals surface area contributed by atoms with Crippen LogP contribution in [0, 0.1) is 5.95 Å². The Labute approximate surface area is 143 Å². The minimum Gasteiger partial charge on any atom is -0.354 e. The largest absolute Gasteiger partial charge is 0.354 e. The number of pyridine rings is 1. The van der Waals surface area contributed by atoms with Crippen LogP contribution in [0.1, 0.15) is 5.56 Å². The summed E-state index contributed by atoms with van der Waals surface area (Å²) in [5.41, 5.74) is 1.35. The fourth-order valence-electron chi connectivity index (χ4n) is 3.06. The fraction of sp³-hybridized carbons (Fsp3) is 0.421. The SMILES string of the molecule is CN(CCN1CCN(c2cccc(F)n2)CC1)Cc1ccccc1. The minimum absolute atomic E-state index is 0.405. The molecule has 4 nitrogen and oxygen atoms in total. The molecule has 5 heteroatoms. The third-order valence-electron chi connectivity index (χ3n) is 4.49. The standard InChI is InChI=1S/C19H25FN4/c1-22(16-17-6-3-2-4-7-17)10-11-23-12-14-24(15-13-23)19-9-5-8-18(20)21-19/h2-9H,10-16H2,1H3. The number of anilines is 1. The number of hydrogen-bond acceptors (Lipinski definition) is 4. The molecule has 0 bridgehead atoms. The molecule has 0 unspecified atom stereocenters. The van der Waals surface area contributed by atoms with Crippen molar-refractivity contribution in [2.75, 3.05) is 51.2 Å². The zero-order valence-corrected chi connectivity index (χ0v) is 14.2. The predicted molar refractivity (Wildman–Crippen MR) is 95.6 cm³/mol. The number of rotatable bonds is 6. The number of aromatic nitrogens is 1. The maximum absolute atomic E-state index is 13.2. The third kappa shape index (κ3) is 4.76. The molecule has 0 atom stereocenters. The van der Waals surface area contributed by atoms with Gasteiger partial charge in [0.25, 0.3) is 0 Å². The van der Waals surface area contributed by atoms with Gasteiger partial charge in [0, 0.05) is 45.8 Å². The van der Waals surface area contributed by atoms with E-state index < -0.39 is 5.95 Å². The average Bonchev–Trinajstić information content (AvgIpc) is 2.61. The van der Waals surface area contributed by atoms with Crippen LogP contribution in [0.25, 0.3) is 0 Å². The molecular formula is C19H25FN4. The Kier molecular flexibility index (Phi) is 5.77. The van der Waals surface area contributed by atoms with E-state index in [9.17, 15) is 4.39 Å². The van der Waals surface area contributed by atoms with Crippen LogP contribution in [0.3, 0.4) is 0 Å². The van der Waals surface area contributed by atoms with Gasteiger partial charge in [-0.2, -0.15) is 4.39 Å². The Morgan fingerprint density at radius 1 is 1.00 bits per heavy atom. The van der Waals surface area contributed by atoms with Gasteiger partial charge in [0.15, 0.2) is 0 Å². The van der Waals surface area contributed by atoms with Gasteiger partial charge in [-0.15, -0.1) is 0 Å². The van der Waals surface area contributed by atoms with E-state index in [4.69, 9.17) is 0 Å². The lowest BCUT2D eigenvalue weighted by atomic mass is 10.2. The van der Waals surface area contributed by atoms with E-state index in [1.807, 2.05) is 6.07 Å². The summed E-state index contributed by atoms with van der Waals surface area (Å²) < 4.78 is 13.2. The Bertz CT molecular complexity index is 626. The van der Waals surface area contributed by atoms with E-state index >= 15 is 0 Å². The summed E-state index contributed by atoms with van der Waals surface area (Å²) in [7, 11) is 2.17. The first kappa shape index (κ1) is 16.9. The Hall–Kier alpha value is -1.98. The van der Waals surface area contributed by atoms with Gasteiger partial charge in [-0.05, 0) is 24.7 Å². The van der Waals surface area contributed by atoms with E-state index in [0.29, 0.717) is 0 Å². The molecule has 0 radical (unpaired) electrons. The maximum Gasteiger partial charge on any atom is 0.214 e. The van der Waals surface area contributed by atoms with Crippen LogP contribution in [0.15, 0.2) is 48.5 Å². The molecule has 1 aliphatic heterocycles. The number of halogens is 1. The van der Waals surface area contributed by atoms with Crippen molar-refractivity contribution in [3.8, 4) is 0 Å². The second kappa shape index (κ2) is 8.22. The van der Waals surface area contributed by atoms with Crippen LogP contribution in [0.2, 0.25) is 0 Å². The fourth-order valence-corrected chi connectivity index (χ4v) is 3.06. The number of piperazine rings is 1. The van der Waals surface area contributed by atoms with Crippen molar-refractivity contribution in [3.05, 3.63) is 60.0 Å². The lowest BCUT2D eigenvalue weighted by Crippen LogP contribution is -2.48. The van der Waals surface area contributed by atoms with E-state index in [2.05, 4.69) is 57.1 Å². The number of likely N-dealkylation sites (N-methyl/N-ethyl adjacent to an activating group) is 1. The van der Waals surface area contributed by atoms with Crippen molar-refractivity contribution >= 4 is 5.82 Å². The summed E-state index contributed by atoms with van der Waals surface area (Å²) in [4.78, 5) is 11.0.